The number of anilines is 1. The van der Waals surface area contributed by atoms with Crippen LogP contribution in [0, 0.1) is 0 Å². The molecule has 0 spiro atoms. The van der Waals surface area contributed by atoms with Crippen LogP contribution in [0.15, 0.2) is 42.6 Å². The Bertz CT molecular complexity index is 795. The summed E-state index contributed by atoms with van der Waals surface area (Å²) in [5.74, 6) is 0.531. The lowest BCUT2D eigenvalue weighted by Gasteiger charge is -2.06. The topological polar surface area (TPSA) is 59.3 Å². The number of aryl methyl sites for hydroxylation is 1. The van der Waals surface area contributed by atoms with Crippen molar-refractivity contribution in [2.75, 3.05) is 5.32 Å². The number of amides is 1. The molecule has 0 saturated carbocycles. The normalized spacial score (nSPS) is 10.8. The summed E-state index contributed by atoms with van der Waals surface area (Å²) in [6.45, 7) is 1.99. The third-order valence-corrected chi connectivity index (χ3v) is 3.33. The van der Waals surface area contributed by atoms with E-state index in [4.69, 9.17) is 11.6 Å². The second-order valence-electron chi connectivity index (χ2n) is 4.53. The Kier molecular flexibility index (Phi) is 3.58. The minimum absolute atomic E-state index is 0.208. The number of halogens is 1. The number of carbonyl (C=O) groups is 1. The monoisotopic (exact) mass is 300 g/mol. The van der Waals surface area contributed by atoms with Crippen molar-refractivity contribution >= 4 is 28.8 Å². The molecular weight excluding hydrogens is 288 g/mol. The summed E-state index contributed by atoms with van der Waals surface area (Å²) in [4.78, 5) is 16.6. The summed E-state index contributed by atoms with van der Waals surface area (Å²) >= 11 is 5.82. The predicted octanol–water partition coefficient (Wildman–Crippen LogP) is 3.20. The van der Waals surface area contributed by atoms with E-state index in [2.05, 4.69) is 15.4 Å². The van der Waals surface area contributed by atoms with Gasteiger partial charge in [-0.25, -0.2) is 9.50 Å². The van der Waals surface area contributed by atoms with Gasteiger partial charge in [0.25, 0.3) is 5.91 Å². The van der Waals surface area contributed by atoms with Gasteiger partial charge in [0.2, 0.25) is 0 Å². The maximum atomic E-state index is 12.2. The molecule has 1 N–H and O–H groups in total. The highest BCUT2D eigenvalue weighted by atomic mass is 35.5. The first kappa shape index (κ1) is 13.6. The molecule has 1 amide bonds. The highest BCUT2D eigenvalue weighted by Crippen LogP contribution is 2.17. The van der Waals surface area contributed by atoms with E-state index < -0.39 is 0 Å². The molecule has 0 fully saturated rings. The molecule has 0 aliphatic rings. The van der Waals surface area contributed by atoms with Crippen molar-refractivity contribution in [2.24, 2.45) is 0 Å². The molecule has 0 radical (unpaired) electrons. The molecule has 3 aromatic rings. The SMILES string of the molecule is CCc1nc2c(NC(=O)c3ccc(Cl)cc3)cccn2n1. The van der Waals surface area contributed by atoms with Crippen LogP contribution in [0.1, 0.15) is 23.1 Å². The predicted molar refractivity (Wildman–Crippen MR) is 81.8 cm³/mol. The molecule has 0 saturated heterocycles. The van der Waals surface area contributed by atoms with E-state index >= 15 is 0 Å². The first-order chi connectivity index (χ1) is 10.2. The zero-order chi connectivity index (χ0) is 14.8. The first-order valence-electron chi connectivity index (χ1n) is 6.58. The summed E-state index contributed by atoms with van der Waals surface area (Å²) in [5, 5.41) is 7.77. The molecule has 0 bridgehead atoms. The number of carbonyl (C=O) groups excluding carboxylic acids is 1. The Morgan fingerprint density at radius 1 is 1.29 bits per heavy atom. The van der Waals surface area contributed by atoms with Crippen LogP contribution in [0.3, 0.4) is 0 Å². The second-order valence-corrected chi connectivity index (χ2v) is 4.97. The molecular formula is C15H13ClN4O. The van der Waals surface area contributed by atoms with Crippen LogP contribution < -0.4 is 5.32 Å². The number of benzene rings is 1. The van der Waals surface area contributed by atoms with Crippen molar-refractivity contribution in [3.8, 4) is 0 Å². The van der Waals surface area contributed by atoms with Crippen LogP contribution in [0.2, 0.25) is 5.02 Å². The number of fused-ring (bicyclic) bond motifs is 1. The molecule has 2 heterocycles. The van der Waals surface area contributed by atoms with Gasteiger partial charge in [-0.15, -0.1) is 0 Å². The third kappa shape index (κ3) is 2.73. The molecule has 0 aliphatic heterocycles. The van der Waals surface area contributed by atoms with Gasteiger partial charge in [0.05, 0.1) is 5.69 Å². The van der Waals surface area contributed by atoms with Crippen LogP contribution in [-0.2, 0) is 6.42 Å². The zero-order valence-corrected chi connectivity index (χ0v) is 12.1. The molecule has 0 aliphatic carbocycles. The molecule has 6 heteroatoms. The Labute approximate surface area is 126 Å². The highest BCUT2D eigenvalue weighted by molar-refractivity contribution is 6.30. The van der Waals surface area contributed by atoms with E-state index in [1.54, 1.807) is 41.0 Å². The number of hydrogen-bond donors (Lipinski definition) is 1. The van der Waals surface area contributed by atoms with Gasteiger partial charge >= 0.3 is 0 Å². The number of nitrogens with one attached hydrogen (secondary N) is 1. The summed E-state index contributed by atoms with van der Waals surface area (Å²) in [7, 11) is 0. The summed E-state index contributed by atoms with van der Waals surface area (Å²) in [5.41, 5.74) is 1.80. The molecule has 1 aromatic carbocycles. The van der Waals surface area contributed by atoms with Crippen LogP contribution in [0.4, 0.5) is 5.69 Å². The summed E-state index contributed by atoms with van der Waals surface area (Å²) in [6.07, 6.45) is 2.55. The fraction of sp³-hybridized carbons (Fsp3) is 0.133. The van der Waals surface area contributed by atoms with E-state index in [1.165, 1.54) is 0 Å². The van der Waals surface area contributed by atoms with Crippen molar-refractivity contribution in [1.82, 2.24) is 14.6 Å². The fourth-order valence-corrected chi connectivity index (χ4v) is 2.12. The van der Waals surface area contributed by atoms with Crippen LogP contribution in [-0.4, -0.2) is 20.5 Å². The minimum Gasteiger partial charge on any atom is -0.319 e. The van der Waals surface area contributed by atoms with E-state index in [-0.39, 0.29) is 5.91 Å². The lowest BCUT2D eigenvalue weighted by Crippen LogP contribution is -2.12. The standard InChI is InChI=1S/C15H13ClN4O/c1-2-13-18-14-12(4-3-9-20(14)19-13)17-15(21)10-5-7-11(16)8-6-10/h3-9H,2H2,1H3,(H,17,21). The quantitative estimate of drug-likeness (QED) is 0.808. The maximum absolute atomic E-state index is 12.2. The van der Waals surface area contributed by atoms with Crippen molar-refractivity contribution in [3.63, 3.8) is 0 Å². The molecule has 106 valence electrons. The Hall–Kier alpha value is -2.40. The van der Waals surface area contributed by atoms with Crippen molar-refractivity contribution < 1.29 is 4.79 Å². The number of pyridine rings is 1. The Morgan fingerprint density at radius 3 is 2.76 bits per heavy atom. The molecule has 5 nitrogen and oxygen atoms in total. The van der Waals surface area contributed by atoms with E-state index in [1.807, 2.05) is 13.0 Å². The lowest BCUT2D eigenvalue weighted by molar-refractivity contribution is 0.102. The van der Waals surface area contributed by atoms with Gasteiger partial charge in [0.1, 0.15) is 0 Å². The van der Waals surface area contributed by atoms with Crippen molar-refractivity contribution in [2.45, 2.75) is 13.3 Å². The van der Waals surface area contributed by atoms with Gasteiger partial charge < -0.3 is 5.32 Å². The Morgan fingerprint density at radius 2 is 2.05 bits per heavy atom. The summed E-state index contributed by atoms with van der Waals surface area (Å²) < 4.78 is 1.66. The maximum Gasteiger partial charge on any atom is 0.255 e. The second kappa shape index (κ2) is 5.54. The largest absolute Gasteiger partial charge is 0.319 e. The molecule has 21 heavy (non-hydrogen) atoms. The minimum atomic E-state index is -0.208. The number of aromatic nitrogens is 3. The van der Waals surface area contributed by atoms with E-state index in [9.17, 15) is 4.79 Å². The van der Waals surface area contributed by atoms with Crippen molar-refractivity contribution in [3.05, 3.63) is 59.0 Å². The van der Waals surface area contributed by atoms with E-state index in [0.717, 1.165) is 12.2 Å². The number of rotatable bonds is 3. The third-order valence-electron chi connectivity index (χ3n) is 3.08. The van der Waals surface area contributed by atoms with Gasteiger partial charge in [0, 0.05) is 23.2 Å². The smallest absolute Gasteiger partial charge is 0.255 e. The molecule has 0 unspecified atom stereocenters. The zero-order valence-electron chi connectivity index (χ0n) is 11.4. The highest BCUT2D eigenvalue weighted by Gasteiger charge is 2.11. The van der Waals surface area contributed by atoms with Gasteiger partial charge in [-0.2, -0.15) is 5.10 Å². The number of nitrogens with zero attached hydrogens (tertiary/aromatic N) is 3. The fourth-order valence-electron chi connectivity index (χ4n) is 1.99. The van der Waals surface area contributed by atoms with E-state index in [0.29, 0.717) is 21.9 Å². The van der Waals surface area contributed by atoms with Crippen LogP contribution in [0.25, 0.3) is 5.65 Å². The molecule has 0 atom stereocenters. The van der Waals surface area contributed by atoms with Crippen LogP contribution >= 0.6 is 11.6 Å². The molecule has 2 aromatic heterocycles. The van der Waals surface area contributed by atoms with Crippen molar-refractivity contribution in [1.29, 1.82) is 0 Å². The summed E-state index contributed by atoms with van der Waals surface area (Å²) in [6, 6.07) is 10.3. The van der Waals surface area contributed by atoms with Gasteiger partial charge in [-0.3, -0.25) is 4.79 Å². The van der Waals surface area contributed by atoms with Gasteiger partial charge in [0.15, 0.2) is 11.5 Å². The Balaban J connectivity index is 1.92. The first-order valence-corrected chi connectivity index (χ1v) is 6.96. The number of hydrogen-bond acceptors (Lipinski definition) is 3. The van der Waals surface area contributed by atoms with Crippen LogP contribution in [0.5, 0.6) is 0 Å². The lowest BCUT2D eigenvalue weighted by atomic mass is 10.2. The van der Waals surface area contributed by atoms with Gasteiger partial charge in [-0.05, 0) is 36.4 Å². The van der Waals surface area contributed by atoms with Gasteiger partial charge in [-0.1, -0.05) is 18.5 Å². The average Bonchev–Trinajstić information content (AvgIpc) is 2.92. The molecule has 3 rings (SSSR count). The average molecular weight is 301 g/mol.